The van der Waals surface area contributed by atoms with Gasteiger partial charge in [-0.1, -0.05) is 0 Å². The summed E-state index contributed by atoms with van der Waals surface area (Å²) in [7, 11) is 1.51. The highest BCUT2D eigenvalue weighted by Crippen LogP contribution is 2.28. The maximum absolute atomic E-state index is 10.5. The van der Waals surface area contributed by atoms with Crippen LogP contribution in [-0.4, -0.2) is 19.9 Å². The van der Waals surface area contributed by atoms with Gasteiger partial charge in [0.1, 0.15) is 0 Å². The molecule has 0 fully saturated rings. The predicted molar refractivity (Wildman–Crippen MR) is 54.7 cm³/mol. The molecule has 0 aliphatic rings. The molecule has 0 atom stereocenters. The minimum atomic E-state index is -0.399. The van der Waals surface area contributed by atoms with Crippen LogP contribution in [0.5, 0.6) is 11.5 Å². The Morgan fingerprint density at radius 1 is 1.40 bits per heavy atom. The van der Waals surface area contributed by atoms with Gasteiger partial charge in [0.2, 0.25) is 6.79 Å². The molecule has 0 saturated heterocycles. The fourth-order valence-corrected chi connectivity index (χ4v) is 0.979. The Kier molecular flexibility index (Phi) is 3.79. The van der Waals surface area contributed by atoms with Crippen molar-refractivity contribution in [3.8, 4) is 11.5 Å². The van der Waals surface area contributed by atoms with Gasteiger partial charge in [0.25, 0.3) is 0 Å². The van der Waals surface area contributed by atoms with Crippen LogP contribution in [0.2, 0.25) is 0 Å². The van der Waals surface area contributed by atoms with Crippen LogP contribution in [0.4, 0.5) is 5.69 Å². The van der Waals surface area contributed by atoms with Crippen molar-refractivity contribution in [3.63, 3.8) is 0 Å². The Morgan fingerprint density at radius 3 is 2.73 bits per heavy atom. The fourth-order valence-electron chi connectivity index (χ4n) is 0.979. The minimum Gasteiger partial charge on any atom is -0.493 e. The largest absolute Gasteiger partial charge is 0.493 e. The second-order valence-electron chi connectivity index (χ2n) is 2.81. The van der Waals surface area contributed by atoms with Gasteiger partial charge in [-0.3, -0.25) is 4.79 Å². The molecule has 0 aromatic heterocycles. The lowest BCUT2D eigenvalue weighted by atomic mass is 10.3. The van der Waals surface area contributed by atoms with E-state index in [1.54, 1.807) is 18.2 Å². The van der Waals surface area contributed by atoms with Gasteiger partial charge in [0, 0.05) is 18.7 Å². The first-order valence-corrected chi connectivity index (χ1v) is 4.33. The SMILES string of the molecule is COc1cc(N)ccc1OCOC(C)=O. The Labute approximate surface area is 87.7 Å². The Balaban J connectivity index is 2.63. The lowest BCUT2D eigenvalue weighted by Crippen LogP contribution is -2.07. The smallest absolute Gasteiger partial charge is 0.305 e. The number of carbonyl (C=O) groups is 1. The van der Waals surface area contributed by atoms with E-state index in [4.69, 9.17) is 15.2 Å². The number of nitrogens with two attached hydrogens (primary N) is 1. The quantitative estimate of drug-likeness (QED) is 0.460. The molecule has 0 spiro atoms. The summed E-state index contributed by atoms with van der Waals surface area (Å²) in [6.07, 6.45) is 0. The standard InChI is InChI=1S/C10H13NO4/c1-7(12)14-6-15-9-4-3-8(11)5-10(9)13-2/h3-5H,6,11H2,1-2H3. The molecule has 1 aromatic rings. The number of rotatable bonds is 4. The van der Waals surface area contributed by atoms with Crippen LogP contribution >= 0.6 is 0 Å². The second kappa shape index (κ2) is 5.09. The fraction of sp³-hybridized carbons (Fsp3) is 0.300. The molecule has 82 valence electrons. The second-order valence-corrected chi connectivity index (χ2v) is 2.81. The molecule has 15 heavy (non-hydrogen) atoms. The van der Waals surface area contributed by atoms with E-state index in [2.05, 4.69) is 4.74 Å². The third-order valence-corrected chi connectivity index (χ3v) is 1.66. The number of carbonyl (C=O) groups excluding carboxylic acids is 1. The highest BCUT2D eigenvalue weighted by molar-refractivity contribution is 5.65. The van der Waals surface area contributed by atoms with Crippen LogP contribution in [0.15, 0.2) is 18.2 Å². The maximum atomic E-state index is 10.5. The van der Waals surface area contributed by atoms with E-state index in [0.717, 1.165) is 0 Å². The number of anilines is 1. The van der Waals surface area contributed by atoms with Crippen LogP contribution < -0.4 is 15.2 Å². The molecule has 0 unspecified atom stereocenters. The van der Waals surface area contributed by atoms with E-state index >= 15 is 0 Å². The van der Waals surface area contributed by atoms with Crippen LogP contribution in [0.1, 0.15) is 6.92 Å². The molecule has 0 bridgehead atoms. The predicted octanol–water partition coefficient (Wildman–Crippen LogP) is 1.18. The lowest BCUT2D eigenvalue weighted by molar-refractivity contribution is -0.147. The van der Waals surface area contributed by atoms with Gasteiger partial charge in [-0.25, -0.2) is 0 Å². The molecule has 1 aromatic carbocycles. The number of methoxy groups -OCH3 is 1. The zero-order chi connectivity index (χ0) is 11.3. The first-order chi connectivity index (χ1) is 7.13. The normalized spacial score (nSPS) is 9.47. The molecule has 1 rings (SSSR count). The van der Waals surface area contributed by atoms with Crippen molar-refractivity contribution >= 4 is 11.7 Å². The van der Waals surface area contributed by atoms with Crippen molar-refractivity contribution in [2.45, 2.75) is 6.92 Å². The van der Waals surface area contributed by atoms with Crippen molar-refractivity contribution in [2.24, 2.45) is 0 Å². The zero-order valence-electron chi connectivity index (χ0n) is 8.65. The van der Waals surface area contributed by atoms with Crippen molar-refractivity contribution in [3.05, 3.63) is 18.2 Å². The summed E-state index contributed by atoms with van der Waals surface area (Å²) in [5, 5.41) is 0. The van der Waals surface area contributed by atoms with E-state index < -0.39 is 5.97 Å². The first kappa shape index (κ1) is 11.2. The summed E-state index contributed by atoms with van der Waals surface area (Å²) in [5.74, 6) is 0.583. The summed E-state index contributed by atoms with van der Waals surface area (Å²) < 4.78 is 14.8. The van der Waals surface area contributed by atoms with Crippen LogP contribution in [0, 0.1) is 0 Å². The van der Waals surface area contributed by atoms with Gasteiger partial charge in [-0.2, -0.15) is 0 Å². The van der Waals surface area contributed by atoms with Gasteiger partial charge < -0.3 is 19.9 Å². The number of hydrogen-bond acceptors (Lipinski definition) is 5. The topological polar surface area (TPSA) is 70.8 Å². The summed E-state index contributed by atoms with van der Waals surface area (Å²) in [6.45, 7) is 1.17. The average molecular weight is 211 g/mol. The minimum absolute atomic E-state index is 0.143. The third kappa shape index (κ3) is 3.38. The number of hydrogen-bond donors (Lipinski definition) is 1. The summed E-state index contributed by atoms with van der Waals surface area (Å²) >= 11 is 0. The molecule has 0 aliphatic heterocycles. The van der Waals surface area contributed by atoms with Gasteiger partial charge in [0.15, 0.2) is 11.5 Å². The lowest BCUT2D eigenvalue weighted by Gasteiger charge is -2.10. The van der Waals surface area contributed by atoms with Crippen molar-refractivity contribution in [2.75, 3.05) is 19.6 Å². The molecule has 2 N–H and O–H groups in total. The van der Waals surface area contributed by atoms with E-state index in [0.29, 0.717) is 17.2 Å². The van der Waals surface area contributed by atoms with E-state index in [1.807, 2.05) is 0 Å². The molecule has 0 heterocycles. The monoisotopic (exact) mass is 211 g/mol. The number of nitrogen functional groups attached to an aromatic ring is 1. The van der Waals surface area contributed by atoms with E-state index in [1.165, 1.54) is 14.0 Å². The Morgan fingerprint density at radius 2 is 2.13 bits per heavy atom. The van der Waals surface area contributed by atoms with E-state index in [-0.39, 0.29) is 6.79 Å². The van der Waals surface area contributed by atoms with Gasteiger partial charge in [-0.15, -0.1) is 0 Å². The van der Waals surface area contributed by atoms with E-state index in [9.17, 15) is 4.79 Å². The molecule has 5 heteroatoms. The van der Waals surface area contributed by atoms with Gasteiger partial charge >= 0.3 is 5.97 Å². The van der Waals surface area contributed by atoms with Gasteiger partial charge in [-0.05, 0) is 12.1 Å². The highest BCUT2D eigenvalue weighted by atomic mass is 16.7. The molecule has 0 saturated carbocycles. The summed E-state index contributed by atoms with van der Waals surface area (Å²) in [5.41, 5.74) is 6.13. The molecule has 0 amide bonds. The Hall–Kier alpha value is -1.91. The van der Waals surface area contributed by atoms with Gasteiger partial charge in [0.05, 0.1) is 7.11 Å². The molecule has 0 aliphatic carbocycles. The summed E-state index contributed by atoms with van der Waals surface area (Å²) in [6, 6.07) is 4.95. The molecular formula is C10H13NO4. The third-order valence-electron chi connectivity index (χ3n) is 1.66. The van der Waals surface area contributed by atoms with Crippen LogP contribution in [0.3, 0.4) is 0 Å². The van der Waals surface area contributed by atoms with Crippen molar-refractivity contribution < 1.29 is 19.0 Å². The first-order valence-electron chi connectivity index (χ1n) is 4.33. The van der Waals surface area contributed by atoms with Crippen LogP contribution in [0.25, 0.3) is 0 Å². The van der Waals surface area contributed by atoms with Crippen molar-refractivity contribution in [1.82, 2.24) is 0 Å². The summed E-state index contributed by atoms with van der Waals surface area (Å²) in [4.78, 5) is 10.5. The average Bonchev–Trinajstić information content (AvgIpc) is 2.19. The maximum Gasteiger partial charge on any atom is 0.305 e. The number of ether oxygens (including phenoxy) is 3. The zero-order valence-corrected chi connectivity index (χ0v) is 8.65. The Bertz CT molecular complexity index is 351. The molecular weight excluding hydrogens is 198 g/mol. The molecule has 5 nitrogen and oxygen atoms in total. The molecule has 0 radical (unpaired) electrons. The number of esters is 1. The number of benzene rings is 1. The highest BCUT2D eigenvalue weighted by Gasteiger charge is 2.04. The van der Waals surface area contributed by atoms with Crippen molar-refractivity contribution in [1.29, 1.82) is 0 Å². The van der Waals surface area contributed by atoms with Crippen LogP contribution in [-0.2, 0) is 9.53 Å².